The molecule has 1 heteroatoms. The van der Waals surface area contributed by atoms with Crippen molar-refractivity contribution in [2.24, 2.45) is 17.8 Å². The quantitative estimate of drug-likeness (QED) is 0.343. The molecule has 0 unspecified atom stereocenters. The fourth-order valence-electron chi connectivity index (χ4n) is 5.29. The van der Waals surface area contributed by atoms with E-state index in [9.17, 15) is 0 Å². The van der Waals surface area contributed by atoms with Crippen LogP contribution in [0.15, 0.2) is 49.1 Å². The molecule has 0 saturated heterocycles. The summed E-state index contributed by atoms with van der Waals surface area (Å²) in [6.45, 7) is 7.16. The van der Waals surface area contributed by atoms with Gasteiger partial charge in [-0.25, -0.2) is 0 Å². The van der Waals surface area contributed by atoms with Crippen molar-refractivity contribution < 1.29 is 4.74 Å². The summed E-state index contributed by atoms with van der Waals surface area (Å²) in [4.78, 5) is 0. The largest absolute Gasteiger partial charge is 0.373 e. The third-order valence-electron chi connectivity index (χ3n) is 6.99. The molecule has 2 saturated carbocycles. The molecule has 0 aliphatic heterocycles. The van der Waals surface area contributed by atoms with E-state index < -0.39 is 0 Å². The second-order valence-corrected chi connectivity index (χ2v) is 8.74. The summed E-state index contributed by atoms with van der Waals surface area (Å²) in [5, 5.41) is 0. The molecular formula is C26H38O. The summed E-state index contributed by atoms with van der Waals surface area (Å²) in [5.74, 6) is 3.74. The Morgan fingerprint density at radius 3 is 2.15 bits per heavy atom. The van der Waals surface area contributed by atoms with Gasteiger partial charge in [-0.3, -0.25) is 0 Å². The van der Waals surface area contributed by atoms with Crippen molar-refractivity contribution in [3.05, 3.63) is 60.2 Å². The SMILES string of the molecule is C=CCOCc1ccc(C2CCC(C3CCC(C/C=C/C)CC3)CC2)cc1. The van der Waals surface area contributed by atoms with Gasteiger partial charge in [0.05, 0.1) is 13.2 Å². The van der Waals surface area contributed by atoms with Gasteiger partial charge in [0.15, 0.2) is 0 Å². The Bertz CT molecular complexity index is 569. The first-order chi connectivity index (χ1) is 13.3. The van der Waals surface area contributed by atoms with Crippen LogP contribution in [0.4, 0.5) is 0 Å². The summed E-state index contributed by atoms with van der Waals surface area (Å²) in [6, 6.07) is 9.17. The highest BCUT2D eigenvalue weighted by Gasteiger charge is 2.30. The maximum absolute atomic E-state index is 5.54. The van der Waals surface area contributed by atoms with Crippen molar-refractivity contribution in [2.75, 3.05) is 6.61 Å². The van der Waals surface area contributed by atoms with E-state index in [0.29, 0.717) is 13.2 Å². The van der Waals surface area contributed by atoms with E-state index >= 15 is 0 Å². The zero-order valence-electron chi connectivity index (χ0n) is 17.2. The van der Waals surface area contributed by atoms with Crippen LogP contribution in [0.2, 0.25) is 0 Å². The number of benzene rings is 1. The highest BCUT2D eigenvalue weighted by atomic mass is 16.5. The number of hydrogen-bond acceptors (Lipinski definition) is 1. The average molecular weight is 367 g/mol. The smallest absolute Gasteiger partial charge is 0.0721 e. The summed E-state index contributed by atoms with van der Waals surface area (Å²) in [7, 11) is 0. The zero-order chi connectivity index (χ0) is 18.9. The van der Waals surface area contributed by atoms with E-state index in [-0.39, 0.29) is 0 Å². The number of hydrogen-bond donors (Lipinski definition) is 0. The Morgan fingerprint density at radius 1 is 0.926 bits per heavy atom. The molecule has 0 N–H and O–H groups in total. The molecular weight excluding hydrogens is 328 g/mol. The molecule has 0 bridgehead atoms. The Kier molecular flexibility index (Phi) is 8.20. The van der Waals surface area contributed by atoms with Crippen molar-refractivity contribution in [2.45, 2.75) is 77.2 Å². The van der Waals surface area contributed by atoms with Gasteiger partial charge >= 0.3 is 0 Å². The summed E-state index contributed by atoms with van der Waals surface area (Å²) < 4.78 is 5.54. The first-order valence-electron chi connectivity index (χ1n) is 11.2. The number of rotatable bonds is 8. The molecule has 0 heterocycles. The molecule has 0 atom stereocenters. The second kappa shape index (κ2) is 10.9. The Balaban J connectivity index is 1.42. The maximum atomic E-state index is 5.54. The van der Waals surface area contributed by atoms with E-state index in [0.717, 1.165) is 23.7 Å². The van der Waals surface area contributed by atoms with Gasteiger partial charge in [0.25, 0.3) is 0 Å². The number of ether oxygens (including phenoxy) is 1. The van der Waals surface area contributed by atoms with E-state index in [4.69, 9.17) is 4.74 Å². The normalized spacial score (nSPS) is 29.1. The first-order valence-corrected chi connectivity index (χ1v) is 11.2. The van der Waals surface area contributed by atoms with Crippen molar-refractivity contribution >= 4 is 0 Å². The topological polar surface area (TPSA) is 9.23 Å². The molecule has 1 aromatic carbocycles. The van der Waals surface area contributed by atoms with E-state index in [1.54, 1.807) is 0 Å². The van der Waals surface area contributed by atoms with Crippen LogP contribution in [-0.4, -0.2) is 6.61 Å². The summed E-state index contributed by atoms with van der Waals surface area (Å²) in [5.41, 5.74) is 2.81. The Morgan fingerprint density at radius 2 is 1.56 bits per heavy atom. The number of allylic oxidation sites excluding steroid dienone is 2. The van der Waals surface area contributed by atoms with Crippen molar-refractivity contribution in [1.29, 1.82) is 0 Å². The van der Waals surface area contributed by atoms with Gasteiger partial charge in [-0.1, -0.05) is 42.5 Å². The van der Waals surface area contributed by atoms with Crippen LogP contribution < -0.4 is 0 Å². The highest BCUT2D eigenvalue weighted by Crippen LogP contribution is 2.44. The van der Waals surface area contributed by atoms with Gasteiger partial charge < -0.3 is 4.74 Å². The van der Waals surface area contributed by atoms with Gasteiger partial charge in [0.1, 0.15) is 0 Å². The van der Waals surface area contributed by atoms with Gasteiger partial charge in [-0.05, 0) is 99.5 Å². The molecule has 2 fully saturated rings. The average Bonchev–Trinajstić information content (AvgIpc) is 2.73. The lowest BCUT2D eigenvalue weighted by molar-refractivity contribution is 0.149. The summed E-state index contributed by atoms with van der Waals surface area (Å²) >= 11 is 0. The van der Waals surface area contributed by atoms with E-state index in [2.05, 4.69) is 49.9 Å². The molecule has 148 valence electrons. The van der Waals surface area contributed by atoms with Crippen molar-refractivity contribution in [3.8, 4) is 0 Å². The lowest BCUT2D eigenvalue weighted by Gasteiger charge is -2.38. The molecule has 27 heavy (non-hydrogen) atoms. The minimum absolute atomic E-state index is 0.628. The monoisotopic (exact) mass is 366 g/mol. The minimum atomic E-state index is 0.628. The molecule has 2 aliphatic rings. The zero-order valence-corrected chi connectivity index (χ0v) is 17.2. The van der Waals surface area contributed by atoms with Crippen molar-refractivity contribution in [1.82, 2.24) is 0 Å². The van der Waals surface area contributed by atoms with E-state index in [1.807, 2.05) is 6.08 Å². The molecule has 0 amide bonds. The third-order valence-corrected chi connectivity index (χ3v) is 6.99. The molecule has 0 radical (unpaired) electrons. The first kappa shape index (κ1) is 20.4. The van der Waals surface area contributed by atoms with Gasteiger partial charge in [0.2, 0.25) is 0 Å². The van der Waals surface area contributed by atoms with Crippen LogP contribution >= 0.6 is 0 Å². The van der Waals surface area contributed by atoms with E-state index in [1.165, 1.54) is 68.9 Å². The van der Waals surface area contributed by atoms with Gasteiger partial charge in [0, 0.05) is 0 Å². The molecule has 0 spiro atoms. The van der Waals surface area contributed by atoms with Crippen LogP contribution in [0.3, 0.4) is 0 Å². The molecule has 1 nitrogen and oxygen atoms in total. The lowest BCUT2D eigenvalue weighted by Crippen LogP contribution is -2.25. The Hall–Kier alpha value is -1.34. The maximum Gasteiger partial charge on any atom is 0.0721 e. The van der Waals surface area contributed by atoms with Crippen LogP contribution in [0.25, 0.3) is 0 Å². The predicted octanol–water partition coefficient (Wildman–Crippen LogP) is 7.44. The molecule has 0 aromatic heterocycles. The molecule has 1 aromatic rings. The van der Waals surface area contributed by atoms with Gasteiger partial charge in [-0.2, -0.15) is 0 Å². The van der Waals surface area contributed by atoms with Crippen molar-refractivity contribution in [3.63, 3.8) is 0 Å². The Labute approximate surface area is 166 Å². The third kappa shape index (κ3) is 6.07. The van der Waals surface area contributed by atoms with Crippen LogP contribution in [0, 0.1) is 17.8 Å². The molecule has 2 aliphatic carbocycles. The second-order valence-electron chi connectivity index (χ2n) is 8.74. The predicted molar refractivity (Wildman–Crippen MR) is 116 cm³/mol. The molecule has 3 rings (SSSR count). The fourth-order valence-corrected chi connectivity index (χ4v) is 5.29. The van der Waals surface area contributed by atoms with Gasteiger partial charge in [-0.15, -0.1) is 6.58 Å². The fraction of sp³-hybridized carbons (Fsp3) is 0.615. The van der Waals surface area contributed by atoms with Crippen LogP contribution in [-0.2, 0) is 11.3 Å². The standard InChI is InChI=1S/C26H38O/c1-3-5-6-21-7-11-23(12-8-21)25-15-17-26(18-16-25)24-13-9-22(10-14-24)20-27-19-4-2/h3-5,9-10,13-14,21,23,25-26H,2,6-8,11-12,15-20H2,1H3/b5-3+. The lowest BCUT2D eigenvalue weighted by atomic mass is 9.68. The summed E-state index contributed by atoms with van der Waals surface area (Å²) in [6.07, 6.45) is 19.2. The van der Waals surface area contributed by atoms with Crippen LogP contribution in [0.5, 0.6) is 0 Å². The highest BCUT2D eigenvalue weighted by molar-refractivity contribution is 5.25. The van der Waals surface area contributed by atoms with Crippen LogP contribution in [0.1, 0.15) is 81.8 Å². The minimum Gasteiger partial charge on any atom is -0.373 e.